The lowest BCUT2D eigenvalue weighted by molar-refractivity contribution is -0.138. The van der Waals surface area contributed by atoms with Crippen molar-refractivity contribution in [2.24, 2.45) is 11.3 Å². The normalized spacial score (nSPS) is 20.6. The van der Waals surface area contributed by atoms with E-state index in [1.165, 1.54) is 6.92 Å². The number of pyridine rings is 1. The Kier molecular flexibility index (Phi) is 10.7. The Bertz CT molecular complexity index is 2010. The summed E-state index contributed by atoms with van der Waals surface area (Å²) in [7, 11) is 0. The molecule has 2 fully saturated rings. The second-order valence-corrected chi connectivity index (χ2v) is 15.1. The van der Waals surface area contributed by atoms with Crippen LogP contribution in [-0.4, -0.2) is 59.3 Å². The Hall–Kier alpha value is -4.51. The minimum Gasteiger partial charge on any atom is -0.325 e. The van der Waals surface area contributed by atoms with Gasteiger partial charge in [0.25, 0.3) is 0 Å². The summed E-state index contributed by atoms with van der Waals surface area (Å²) in [6.07, 6.45) is 14.3. The average Bonchev–Trinajstić information content (AvgIpc) is 3.36. The number of rotatable bonds is 15. The van der Waals surface area contributed by atoms with E-state index in [1.807, 2.05) is 31.2 Å². The Balaban J connectivity index is 1.34. The van der Waals surface area contributed by atoms with Gasteiger partial charge in [-0.25, -0.2) is 15.0 Å². The van der Waals surface area contributed by atoms with E-state index in [4.69, 9.17) is 5.10 Å². The zero-order valence-corrected chi connectivity index (χ0v) is 31.5. The van der Waals surface area contributed by atoms with Crippen LogP contribution in [0.3, 0.4) is 0 Å². The number of likely N-dealkylation sites (tertiary alicyclic amines) is 1. The van der Waals surface area contributed by atoms with Gasteiger partial charge in [-0.3, -0.25) is 19.1 Å². The smallest absolute Gasteiger partial charge is 0.248 e. The van der Waals surface area contributed by atoms with Crippen LogP contribution in [0, 0.1) is 18.3 Å². The van der Waals surface area contributed by atoms with Crippen molar-refractivity contribution < 1.29 is 14.4 Å². The molecular weight excluding hydrogens is 706 g/mol. The fourth-order valence-corrected chi connectivity index (χ4v) is 8.14. The summed E-state index contributed by atoms with van der Waals surface area (Å²) in [6, 6.07) is 7.07. The number of aromatic nitrogens is 5. The number of nitrogens with zero attached hydrogens (tertiary/aromatic N) is 6. The molecule has 2 amide bonds. The standard InChI is InChI=1S/C40H46BrN7O3/c1-7-9-10-11-12-13-15-28-18-29(30-21-42-26(5)43-22-30)19-31-35(25(4)49)46-47(36(28)31)23-34(50)48-32(20-40(6)24(3)37(40)48)39(51)45-38-27(14-8-2)16-17-33(41)44-38/h7-8,16-19,21-22,24,32,37H,1-2,9-15,20,23H2,3-6H3,(H,44,45,51)/t24-,32-,37+,40-/m0/s1. The number of halogens is 1. The third kappa shape index (κ3) is 7.31. The zero-order valence-electron chi connectivity index (χ0n) is 29.9. The summed E-state index contributed by atoms with van der Waals surface area (Å²) in [4.78, 5) is 56.6. The number of hydrogen-bond donors (Lipinski definition) is 1. The van der Waals surface area contributed by atoms with Gasteiger partial charge in [-0.2, -0.15) is 5.10 Å². The molecule has 4 aromatic rings. The summed E-state index contributed by atoms with van der Waals surface area (Å²) in [5, 5.41) is 8.50. The van der Waals surface area contributed by atoms with Crippen molar-refractivity contribution in [3.8, 4) is 11.1 Å². The third-order valence-electron chi connectivity index (χ3n) is 10.8. The molecule has 0 bridgehead atoms. The third-order valence-corrected chi connectivity index (χ3v) is 11.2. The molecule has 266 valence electrons. The monoisotopic (exact) mass is 751 g/mol. The van der Waals surface area contributed by atoms with Gasteiger partial charge in [0.1, 0.15) is 34.5 Å². The highest BCUT2D eigenvalue weighted by atomic mass is 79.9. The molecule has 0 unspecified atom stereocenters. The van der Waals surface area contributed by atoms with E-state index in [-0.39, 0.29) is 41.5 Å². The lowest BCUT2D eigenvalue weighted by atomic mass is 9.96. The van der Waals surface area contributed by atoms with Crippen LogP contribution in [0.1, 0.15) is 86.7 Å². The van der Waals surface area contributed by atoms with Gasteiger partial charge in [0.15, 0.2) is 5.78 Å². The predicted molar refractivity (Wildman–Crippen MR) is 203 cm³/mol. The summed E-state index contributed by atoms with van der Waals surface area (Å²) in [5.41, 5.74) is 4.52. The topological polar surface area (TPSA) is 123 Å². The van der Waals surface area contributed by atoms with Gasteiger partial charge in [0.2, 0.25) is 11.8 Å². The number of fused-ring (bicyclic) bond motifs is 2. The van der Waals surface area contributed by atoms with Crippen LogP contribution in [0.5, 0.6) is 0 Å². The number of anilines is 1. The number of amides is 2. The van der Waals surface area contributed by atoms with Crippen molar-refractivity contribution >= 4 is 50.2 Å². The van der Waals surface area contributed by atoms with E-state index in [0.29, 0.717) is 40.2 Å². The number of unbranched alkanes of at least 4 members (excludes halogenated alkanes) is 4. The molecular formula is C40H46BrN7O3. The summed E-state index contributed by atoms with van der Waals surface area (Å²) >= 11 is 3.42. The van der Waals surface area contributed by atoms with Crippen molar-refractivity contribution in [1.82, 2.24) is 29.6 Å². The van der Waals surface area contributed by atoms with E-state index in [1.54, 1.807) is 28.1 Å². The molecule has 10 nitrogen and oxygen atoms in total. The molecule has 4 heterocycles. The number of benzene rings is 1. The average molecular weight is 753 g/mol. The van der Waals surface area contributed by atoms with Crippen molar-refractivity contribution in [1.29, 1.82) is 0 Å². The van der Waals surface area contributed by atoms with E-state index in [9.17, 15) is 14.4 Å². The van der Waals surface area contributed by atoms with Gasteiger partial charge in [0, 0.05) is 36.3 Å². The molecule has 4 atom stereocenters. The maximum atomic E-state index is 14.5. The maximum Gasteiger partial charge on any atom is 0.248 e. The number of piperidine rings is 1. The number of nitrogens with one attached hydrogen (secondary N) is 1. The number of ketones is 1. The molecule has 11 heteroatoms. The fraction of sp³-hybridized carbons (Fsp3) is 0.425. The highest BCUT2D eigenvalue weighted by molar-refractivity contribution is 9.10. The van der Waals surface area contributed by atoms with Gasteiger partial charge >= 0.3 is 0 Å². The maximum absolute atomic E-state index is 14.5. The Labute approximate surface area is 308 Å². The van der Waals surface area contributed by atoms with Crippen molar-refractivity contribution in [2.45, 2.75) is 97.7 Å². The lowest BCUT2D eigenvalue weighted by Gasteiger charge is -2.28. The lowest BCUT2D eigenvalue weighted by Crippen LogP contribution is -2.47. The number of aryl methyl sites for hydroxylation is 2. The summed E-state index contributed by atoms with van der Waals surface area (Å²) in [6.45, 7) is 15.2. The number of Topliss-reactive ketones (excluding diaryl/α,β-unsaturated/α-hetero) is 1. The highest BCUT2D eigenvalue weighted by Gasteiger charge is 2.70. The minimum absolute atomic E-state index is 0.0684. The van der Waals surface area contributed by atoms with Crippen LogP contribution >= 0.6 is 15.9 Å². The fourth-order valence-electron chi connectivity index (χ4n) is 7.83. The van der Waals surface area contributed by atoms with E-state index >= 15 is 0 Å². The van der Waals surface area contributed by atoms with Gasteiger partial charge < -0.3 is 10.2 Å². The molecule has 3 aromatic heterocycles. The first-order chi connectivity index (χ1) is 24.5. The zero-order chi connectivity index (χ0) is 36.4. The number of allylic oxidation sites excluding steroid dienone is 2. The molecule has 1 saturated heterocycles. The first-order valence-electron chi connectivity index (χ1n) is 17.8. The Morgan fingerprint density at radius 2 is 1.78 bits per heavy atom. The number of carbonyl (C=O) groups is 3. The SMILES string of the molecule is C=CCCCCCCc1cc(-c2cnc(C)nc2)cc2c(C(C)=O)nn(CC(=O)N3[C@H](C(=O)Nc4nc(Br)ccc4CC=C)C[C@@]4(C)[C@@H](C)[C@@H]34)c12. The molecule has 6 rings (SSSR count). The molecule has 1 aliphatic carbocycles. The second kappa shape index (κ2) is 15.0. The molecule has 2 aliphatic rings. The highest BCUT2D eigenvalue weighted by Crippen LogP contribution is 2.64. The first kappa shape index (κ1) is 36.3. The first-order valence-corrected chi connectivity index (χ1v) is 18.6. The van der Waals surface area contributed by atoms with Crippen LogP contribution in [0.2, 0.25) is 0 Å². The predicted octanol–water partition coefficient (Wildman–Crippen LogP) is 7.83. The molecule has 0 spiro atoms. The van der Waals surface area contributed by atoms with Gasteiger partial charge in [-0.15, -0.1) is 13.2 Å². The molecule has 1 N–H and O–H groups in total. The Morgan fingerprint density at radius 3 is 2.49 bits per heavy atom. The summed E-state index contributed by atoms with van der Waals surface area (Å²) < 4.78 is 2.29. The van der Waals surface area contributed by atoms with E-state index in [2.05, 4.69) is 69.3 Å². The van der Waals surface area contributed by atoms with Crippen molar-refractivity contribution in [2.75, 3.05) is 5.32 Å². The minimum atomic E-state index is -0.668. The molecule has 51 heavy (non-hydrogen) atoms. The largest absolute Gasteiger partial charge is 0.325 e. The second-order valence-electron chi connectivity index (χ2n) is 14.2. The van der Waals surface area contributed by atoms with Crippen LogP contribution in [0.4, 0.5) is 5.82 Å². The molecule has 0 radical (unpaired) electrons. The van der Waals surface area contributed by atoms with Crippen LogP contribution < -0.4 is 5.32 Å². The number of hydrogen-bond acceptors (Lipinski definition) is 7. The van der Waals surface area contributed by atoms with Crippen LogP contribution in [0.15, 0.2) is 66.6 Å². The van der Waals surface area contributed by atoms with Gasteiger partial charge in [0.05, 0.1) is 5.52 Å². The molecule has 1 aliphatic heterocycles. The van der Waals surface area contributed by atoms with Crippen LogP contribution in [-0.2, 0) is 29.0 Å². The van der Waals surface area contributed by atoms with Gasteiger partial charge in [-0.1, -0.05) is 44.9 Å². The van der Waals surface area contributed by atoms with Crippen molar-refractivity contribution in [3.63, 3.8) is 0 Å². The van der Waals surface area contributed by atoms with Crippen LogP contribution in [0.25, 0.3) is 22.0 Å². The van der Waals surface area contributed by atoms with E-state index < -0.39 is 6.04 Å². The van der Waals surface area contributed by atoms with Crippen molar-refractivity contribution in [3.05, 3.63) is 89.2 Å². The quantitative estimate of drug-likeness (QED) is 0.0569. The van der Waals surface area contributed by atoms with E-state index in [0.717, 1.165) is 66.3 Å². The molecule has 1 aromatic carbocycles. The van der Waals surface area contributed by atoms with Gasteiger partial charge in [-0.05, 0) is 108 Å². The summed E-state index contributed by atoms with van der Waals surface area (Å²) in [5.74, 6) is 0.731. The number of carbonyl (C=O) groups excluding carboxylic acids is 3. The molecule has 1 saturated carbocycles. The Morgan fingerprint density at radius 1 is 1.04 bits per heavy atom.